The molecule has 0 saturated heterocycles. The minimum atomic E-state index is -4.85. The predicted octanol–water partition coefficient (Wildman–Crippen LogP) is 6.44. The summed E-state index contributed by atoms with van der Waals surface area (Å²) in [6, 6.07) is 12.2. The first-order chi connectivity index (χ1) is 17.4. The number of hydrogen-bond donors (Lipinski definition) is 2. The molecule has 0 fully saturated rings. The molecule has 194 valence electrons. The molecule has 0 unspecified atom stereocenters. The predicted molar refractivity (Wildman–Crippen MR) is 137 cm³/mol. The third-order valence-electron chi connectivity index (χ3n) is 4.66. The second-order valence-corrected chi connectivity index (χ2v) is 9.95. The van der Waals surface area contributed by atoms with Gasteiger partial charge in [0, 0.05) is 17.1 Å². The fourth-order valence-corrected chi connectivity index (χ4v) is 4.51. The molecule has 3 rings (SSSR count). The van der Waals surface area contributed by atoms with E-state index in [0.717, 1.165) is 12.1 Å². The fraction of sp³-hybridized carbons (Fsp3) is 0.130. The Labute approximate surface area is 225 Å². The highest BCUT2D eigenvalue weighted by molar-refractivity contribution is 7.92. The fourth-order valence-electron chi connectivity index (χ4n) is 2.94. The van der Waals surface area contributed by atoms with E-state index in [9.17, 15) is 26.4 Å². The summed E-state index contributed by atoms with van der Waals surface area (Å²) in [4.78, 5) is 15.2. The Hall–Kier alpha value is -3.15. The molecule has 0 bridgehead atoms. The number of nitrogens with zero attached hydrogens (tertiary/aromatic N) is 1. The van der Waals surface area contributed by atoms with Crippen LogP contribution < -0.4 is 14.8 Å². The number of amides is 1. The van der Waals surface area contributed by atoms with Crippen molar-refractivity contribution in [1.29, 1.82) is 0 Å². The molecular formula is C23H16Cl2F3N3O4S2. The lowest BCUT2D eigenvalue weighted by atomic mass is 10.2. The number of nitrogens with one attached hydrogen (secondary N) is 2. The minimum Gasteiger partial charge on any atom is -0.455 e. The van der Waals surface area contributed by atoms with Crippen LogP contribution in [0.4, 0.5) is 18.9 Å². The highest BCUT2D eigenvalue weighted by Crippen LogP contribution is 2.37. The van der Waals surface area contributed by atoms with E-state index in [0.29, 0.717) is 18.2 Å². The van der Waals surface area contributed by atoms with E-state index in [4.69, 9.17) is 27.9 Å². The van der Waals surface area contributed by atoms with Gasteiger partial charge >= 0.3 is 6.18 Å². The molecule has 0 aliphatic carbocycles. The maximum Gasteiger partial charge on any atom is 0.417 e. The topological polar surface area (TPSA) is 96.9 Å². The summed E-state index contributed by atoms with van der Waals surface area (Å²) in [5, 5.41) is 4.34. The SMILES string of the molecule is O=C(NCCN=C=S)c1ccc(Oc2ccc(Cl)cc2NS(=O)(=O)c2ccc(Cl)c(C(F)(F)F)c2)cc1. The smallest absolute Gasteiger partial charge is 0.417 e. The summed E-state index contributed by atoms with van der Waals surface area (Å²) in [7, 11) is -4.49. The quantitative estimate of drug-likeness (QED) is 0.170. The molecule has 7 nitrogen and oxygen atoms in total. The molecule has 37 heavy (non-hydrogen) atoms. The lowest BCUT2D eigenvalue weighted by Gasteiger charge is -2.15. The van der Waals surface area contributed by atoms with Gasteiger partial charge in [-0.3, -0.25) is 9.52 Å². The number of rotatable bonds is 9. The zero-order valence-corrected chi connectivity index (χ0v) is 21.6. The maximum atomic E-state index is 13.2. The second kappa shape index (κ2) is 11.9. The molecule has 0 atom stereocenters. The molecular weight excluding hydrogens is 574 g/mol. The van der Waals surface area contributed by atoms with Gasteiger partial charge < -0.3 is 10.1 Å². The van der Waals surface area contributed by atoms with E-state index in [1.807, 2.05) is 0 Å². The molecule has 0 aliphatic rings. The highest BCUT2D eigenvalue weighted by atomic mass is 35.5. The van der Waals surface area contributed by atoms with Gasteiger partial charge in [-0.05, 0) is 72.9 Å². The number of ether oxygens (including phenoxy) is 1. The molecule has 0 saturated carbocycles. The lowest BCUT2D eigenvalue weighted by Crippen LogP contribution is -2.25. The van der Waals surface area contributed by atoms with Crippen LogP contribution in [0.5, 0.6) is 11.5 Å². The summed E-state index contributed by atoms with van der Waals surface area (Å²) in [5.41, 5.74) is -1.09. The number of halogens is 5. The average molecular weight is 590 g/mol. The van der Waals surface area contributed by atoms with Gasteiger partial charge in [-0.1, -0.05) is 23.2 Å². The largest absolute Gasteiger partial charge is 0.455 e. The Kier molecular flexibility index (Phi) is 9.16. The normalized spacial score (nSPS) is 11.4. The Morgan fingerprint density at radius 2 is 1.76 bits per heavy atom. The van der Waals surface area contributed by atoms with Crippen LogP contribution in [-0.2, 0) is 16.2 Å². The van der Waals surface area contributed by atoms with Crippen molar-refractivity contribution in [3.63, 3.8) is 0 Å². The van der Waals surface area contributed by atoms with Gasteiger partial charge in [-0.2, -0.15) is 13.2 Å². The number of sulfonamides is 1. The van der Waals surface area contributed by atoms with Crippen LogP contribution in [0.2, 0.25) is 10.0 Å². The number of anilines is 1. The molecule has 14 heteroatoms. The van der Waals surface area contributed by atoms with Crippen LogP contribution in [0, 0.1) is 0 Å². The van der Waals surface area contributed by atoms with Crippen LogP contribution in [0.3, 0.4) is 0 Å². The van der Waals surface area contributed by atoms with E-state index in [1.165, 1.54) is 42.5 Å². The van der Waals surface area contributed by atoms with Gasteiger partial charge in [-0.25, -0.2) is 13.4 Å². The Balaban J connectivity index is 1.82. The molecule has 3 aromatic carbocycles. The van der Waals surface area contributed by atoms with E-state index in [-0.39, 0.29) is 34.7 Å². The Morgan fingerprint density at radius 1 is 1.05 bits per heavy atom. The maximum absolute atomic E-state index is 13.2. The average Bonchev–Trinajstić information content (AvgIpc) is 2.83. The number of isothiocyanates is 1. The number of thiocarbonyl (C=S) groups is 1. The van der Waals surface area contributed by atoms with Crippen LogP contribution in [0.1, 0.15) is 15.9 Å². The van der Waals surface area contributed by atoms with Gasteiger partial charge in [-0.15, -0.1) is 0 Å². The van der Waals surface area contributed by atoms with E-state index >= 15 is 0 Å². The molecule has 1 amide bonds. The van der Waals surface area contributed by atoms with Crippen LogP contribution in [-0.4, -0.2) is 32.6 Å². The standard InChI is InChI=1S/C23H16Cl2F3N3O4S2/c24-15-3-8-21(35-16-4-1-14(2-5-16)22(32)30-10-9-29-13-36)20(11-15)31-37(33,34)17-6-7-19(25)18(12-17)23(26,27)28/h1-8,11-12,31H,9-10H2,(H,30,32). The van der Waals surface area contributed by atoms with Crippen molar-refractivity contribution in [2.75, 3.05) is 17.8 Å². The minimum absolute atomic E-state index is 0.00760. The zero-order valence-electron chi connectivity index (χ0n) is 18.5. The number of alkyl halides is 3. The molecule has 2 N–H and O–H groups in total. The van der Waals surface area contributed by atoms with Gasteiger partial charge in [0.05, 0.1) is 32.9 Å². The summed E-state index contributed by atoms with van der Waals surface area (Å²) < 4.78 is 73.3. The van der Waals surface area contributed by atoms with Crippen molar-refractivity contribution in [3.8, 4) is 11.5 Å². The van der Waals surface area contributed by atoms with Crippen molar-refractivity contribution < 1.29 is 31.1 Å². The Bertz CT molecular complexity index is 1460. The van der Waals surface area contributed by atoms with Gasteiger partial charge in [0.2, 0.25) is 0 Å². The van der Waals surface area contributed by atoms with Crippen molar-refractivity contribution in [2.24, 2.45) is 4.99 Å². The van der Waals surface area contributed by atoms with Crippen LogP contribution in [0.25, 0.3) is 0 Å². The monoisotopic (exact) mass is 589 g/mol. The van der Waals surface area contributed by atoms with E-state index in [2.05, 4.69) is 32.4 Å². The van der Waals surface area contributed by atoms with E-state index < -0.39 is 31.7 Å². The van der Waals surface area contributed by atoms with Crippen LogP contribution in [0.15, 0.2) is 70.6 Å². The Morgan fingerprint density at radius 3 is 2.41 bits per heavy atom. The summed E-state index contributed by atoms with van der Waals surface area (Å²) in [5.74, 6) is -0.101. The summed E-state index contributed by atoms with van der Waals surface area (Å²) in [6.07, 6.45) is -4.85. The third kappa shape index (κ3) is 7.67. The molecule has 0 aromatic heterocycles. The third-order valence-corrected chi connectivity index (χ3v) is 6.71. The number of benzene rings is 3. The van der Waals surface area contributed by atoms with Crippen molar-refractivity contribution >= 4 is 62.2 Å². The lowest BCUT2D eigenvalue weighted by molar-refractivity contribution is -0.137. The molecule has 0 radical (unpaired) electrons. The highest BCUT2D eigenvalue weighted by Gasteiger charge is 2.34. The summed E-state index contributed by atoms with van der Waals surface area (Å²) in [6.45, 7) is 0.562. The number of carbonyl (C=O) groups is 1. The van der Waals surface area contributed by atoms with Crippen molar-refractivity contribution in [1.82, 2.24) is 5.32 Å². The molecule has 0 spiro atoms. The second-order valence-electron chi connectivity index (χ2n) is 7.24. The molecule has 3 aromatic rings. The number of hydrogen-bond acceptors (Lipinski definition) is 6. The van der Waals surface area contributed by atoms with Gasteiger partial charge in [0.15, 0.2) is 5.75 Å². The number of carbonyl (C=O) groups excluding carboxylic acids is 1. The first kappa shape index (κ1) is 28.4. The summed E-state index contributed by atoms with van der Waals surface area (Å²) >= 11 is 16.0. The number of aliphatic imine (C=N–C) groups is 1. The van der Waals surface area contributed by atoms with Crippen LogP contribution >= 0.6 is 35.4 Å². The zero-order chi connectivity index (χ0) is 27.2. The van der Waals surface area contributed by atoms with Crippen molar-refractivity contribution in [3.05, 3.63) is 81.8 Å². The van der Waals surface area contributed by atoms with E-state index in [1.54, 1.807) is 0 Å². The first-order valence-corrected chi connectivity index (χ1v) is 12.8. The molecule has 0 heterocycles. The first-order valence-electron chi connectivity index (χ1n) is 10.2. The van der Waals surface area contributed by atoms with Crippen molar-refractivity contribution in [2.45, 2.75) is 11.1 Å². The molecule has 0 aliphatic heterocycles. The van der Waals surface area contributed by atoms with Gasteiger partial charge in [0.1, 0.15) is 5.75 Å². The van der Waals surface area contributed by atoms with Gasteiger partial charge in [0.25, 0.3) is 15.9 Å².